The molecule has 0 bridgehead atoms. The quantitative estimate of drug-likeness (QED) is 0.367. The molecule has 1 fully saturated rings. The summed E-state index contributed by atoms with van der Waals surface area (Å²) in [6, 6.07) is 0. The summed E-state index contributed by atoms with van der Waals surface area (Å²) in [6.45, 7) is 0.465. The molecule has 1 saturated carbocycles. The van der Waals surface area contributed by atoms with Crippen molar-refractivity contribution in [2.45, 2.75) is 32.2 Å². The maximum Gasteiger partial charge on any atom is 0.236 e. The molecule has 1 heterocycles. The van der Waals surface area contributed by atoms with Crippen LogP contribution in [0.1, 0.15) is 31.2 Å². The van der Waals surface area contributed by atoms with E-state index in [-0.39, 0.29) is 11.7 Å². The molecule has 1 amide bonds. The zero-order chi connectivity index (χ0) is 14.8. The van der Waals surface area contributed by atoms with Gasteiger partial charge < -0.3 is 15.8 Å². The largest absolute Gasteiger partial charge is 0.409 e. The first-order valence-electron chi connectivity index (χ1n) is 6.71. The van der Waals surface area contributed by atoms with Crippen LogP contribution in [0.5, 0.6) is 0 Å². The minimum Gasteiger partial charge on any atom is -0.409 e. The van der Waals surface area contributed by atoms with Gasteiger partial charge in [0.15, 0.2) is 5.84 Å². The Bertz CT molecular complexity index is 517. The Labute approximate surface area is 118 Å². The number of aryl methyl sites for hydroxylation is 1. The van der Waals surface area contributed by atoms with Gasteiger partial charge >= 0.3 is 0 Å². The first-order chi connectivity index (χ1) is 9.49. The molecule has 0 atom stereocenters. The Morgan fingerprint density at radius 3 is 2.75 bits per heavy atom. The first-order valence-corrected chi connectivity index (χ1v) is 6.71. The summed E-state index contributed by atoms with van der Waals surface area (Å²) >= 11 is 0. The number of amides is 1. The highest BCUT2D eigenvalue weighted by molar-refractivity contribution is 6.06. The number of oxime groups is 1. The van der Waals surface area contributed by atoms with E-state index in [9.17, 15) is 4.79 Å². The Balaban J connectivity index is 2.15. The van der Waals surface area contributed by atoms with Crippen LogP contribution in [0.25, 0.3) is 0 Å². The summed E-state index contributed by atoms with van der Waals surface area (Å²) in [4.78, 5) is 14.3. The summed E-state index contributed by atoms with van der Waals surface area (Å²) in [5.74, 6) is -0.0628. The van der Waals surface area contributed by atoms with Crippen LogP contribution in [0.2, 0.25) is 0 Å². The number of rotatable bonds is 4. The second-order valence-electron chi connectivity index (χ2n) is 5.46. The number of nitrogens with zero attached hydrogens (tertiary/aromatic N) is 4. The minimum atomic E-state index is -0.842. The summed E-state index contributed by atoms with van der Waals surface area (Å²) in [5.41, 5.74) is 5.90. The van der Waals surface area contributed by atoms with Crippen LogP contribution < -0.4 is 5.73 Å². The molecule has 7 heteroatoms. The summed E-state index contributed by atoms with van der Waals surface area (Å²) in [6.07, 6.45) is 6.72. The Morgan fingerprint density at radius 1 is 1.60 bits per heavy atom. The van der Waals surface area contributed by atoms with Gasteiger partial charge in [-0.15, -0.1) is 0 Å². The zero-order valence-corrected chi connectivity index (χ0v) is 11.9. The van der Waals surface area contributed by atoms with Crippen LogP contribution >= 0.6 is 0 Å². The van der Waals surface area contributed by atoms with Gasteiger partial charge in [-0.25, -0.2) is 0 Å². The van der Waals surface area contributed by atoms with Gasteiger partial charge in [0.25, 0.3) is 0 Å². The van der Waals surface area contributed by atoms with Gasteiger partial charge in [0.2, 0.25) is 5.91 Å². The number of carbonyl (C=O) groups is 1. The molecule has 1 aromatic heterocycles. The van der Waals surface area contributed by atoms with Gasteiger partial charge in [-0.05, 0) is 12.8 Å². The molecule has 0 radical (unpaired) electrons. The predicted molar refractivity (Wildman–Crippen MR) is 74.0 cm³/mol. The van der Waals surface area contributed by atoms with Gasteiger partial charge in [0.1, 0.15) is 5.41 Å². The fraction of sp³-hybridized carbons (Fsp3) is 0.615. The maximum absolute atomic E-state index is 12.7. The second-order valence-corrected chi connectivity index (χ2v) is 5.46. The van der Waals surface area contributed by atoms with Gasteiger partial charge in [0.05, 0.1) is 6.20 Å². The van der Waals surface area contributed by atoms with Crippen molar-refractivity contribution in [3.8, 4) is 0 Å². The van der Waals surface area contributed by atoms with Crippen molar-refractivity contribution in [3.63, 3.8) is 0 Å². The normalized spacial score (nSPS) is 18.2. The Hall–Kier alpha value is -2.05. The van der Waals surface area contributed by atoms with Gasteiger partial charge in [-0.1, -0.05) is 18.0 Å². The highest BCUT2D eigenvalue weighted by Gasteiger charge is 2.46. The van der Waals surface area contributed by atoms with Crippen molar-refractivity contribution in [3.05, 3.63) is 18.0 Å². The van der Waals surface area contributed by atoms with Gasteiger partial charge in [-0.3, -0.25) is 9.48 Å². The van der Waals surface area contributed by atoms with Crippen molar-refractivity contribution < 1.29 is 10.0 Å². The number of nitrogens with two attached hydrogens (primary N) is 1. The highest BCUT2D eigenvalue weighted by atomic mass is 16.4. The molecule has 110 valence electrons. The van der Waals surface area contributed by atoms with Crippen molar-refractivity contribution in [1.82, 2.24) is 14.7 Å². The molecule has 1 aliphatic carbocycles. The molecule has 1 aromatic rings. The van der Waals surface area contributed by atoms with Crippen molar-refractivity contribution >= 4 is 11.7 Å². The lowest BCUT2D eigenvalue weighted by Gasteiger charge is -2.31. The average Bonchev–Trinajstić information content (AvgIpc) is 3.07. The van der Waals surface area contributed by atoms with Crippen molar-refractivity contribution in [2.24, 2.45) is 23.4 Å². The summed E-state index contributed by atoms with van der Waals surface area (Å²) < 4.78 is 1.70. The standard InChI is InChI=1S/C13H21N5O2/c1-17(8-10-7-15-18(2)9-10)12(19)13(11(14)16-20)5-3-4-6-13/h7,9,20H,3-6,8H2,1-2H3,(H2,14,16). The zero-order valence-electron chi connectivity index (χ0n) is 11.9. The minimum absolute atomic E-state index is 0.0260. The highest BCUT2D eigenvalue weighted by Crippen LogP contribution is 2.40. The third kappa shape index (κ3) is 2.48. The number of hydrogen-bond acceptors (Lipinski definition) is 4. The summed E-state index contributed by atoms with van der Waals surface area (Å²) in [7, 11) is 3.57. The van der Waals surface area contributed by atoms with E-state index in [4.69, 9.17) is 10.9 Å². The van der Waals surface area contributed by atoms with Crippen molar-refractivity contribution in [1.29, 1.82) is 0 Å². The second kappa shape index (κ2) is 5.52. The van der Waals surface area contributed by atoms with E-state index in [1.165, 1.54) is 0 Å². The van der Waals surface area contributed by atoms with Crippen LogP contribution in [-0.4, -0.2) is 38.7 Å². The van der Waals surface area contributed by atoms with Gasteiger partial charge in [0, 0.05) is 32.4 Å². The van der Waals surface area contributed by atoms with Gasteiger partial charge in [-0.2, -0.15) is 5.10 Å². The Kier molecular flexibility index (Phi) is 3.96. The number of aromatic nitrogens is 2. The molecule has 1 aliphatic rings. The third-order valence-corrected chi connectivity index (χ3v) is 3.99. The molecular formula is C13H21N5O2. The average molecular weight is 279 g/mol. The molecular weight excluding hydrogens is 258 g/mol. The number of hydrogen-bond donors (Lipinski definition) is 2. The van der Waals surface area contributed by atoms with Crippen LogP contribution in [0.4, 0.5) is 0 Å². The van der Waals surface area contributed by atoms with Crippen molar-refractivity contribution in [2.75, 3.05) is 7.05 Å². The monoisotopic (exact) mass is 279 g/mol. The maximum atomic E-state index is 12.7. The molecule has 3 N–H and O–H groups in total. The van der Waals surface area contributed by atoms with E-state index >= 15 is 0 Å². The molecule has 0 saturated heterocycles. The first kappa shape index (κ1) is 14.4. The third-order valence-electron chi connectivity index (χ3n) is 3.99. The predicted octanol–water partition coefficient (Wildman–Crippen LogP) is 0.685. The van der Waals surface area contributed by atoms with Crippen LogP contribution in [0.3, 0.4) is 0 Å². The van der Waals surface area contributed by atoms with E-state index in [1.807, 2.05) is 13.2 Å². The van der Waals surface area contributed by atoms with E-state index in [0.29, 0.717) is 19.4 Å². The fourth-order valence-corrected chi connectivity index (χ4v) is 2.92. The van der Waals surface area contributed by atoms with E-state index in [2.05, 4.69) is 10.3 Å². The molecule has 0 spiro atoms. The van der Waals surface area contributed by atoms with Crippen LogP contribution in [-0.2, 0) is 18.4 Å². The topological polar surface area (TPSA) is 96.7 Å². The lowest BCUT2D eigenvalue weighted by molar-refractivity contribution is -0.137. The van der Waals surface area contributed by atoms with Crippen LogP contribution in [0.15, 0.2) is 17.5 Å². The molecule has 0 aromatic carbocycles. The molecule has 2 rings (SSSR count). The van der Waals surface area contributed by atoms with E-state index in [0.717, 1.165) is 18.4 Å². The lowest BCUT2D eigenvalue weighted by Crippen LogP contribution is -2.48. The number of carbonyl (C=O) groups excluding carboxylic acids is 1. The fourth-order valence-electron chi connectivity index (χ4n) is 2.92. The smallest absolute Gasteiger partial charge is 0.236 e. The molecule has 7 nitrogen and oxygen atoms in total. The van der Waals surface area contributed by atoms with E-state index < -0.39 is 5.41 Å². The molecule has 0 unspecified atom stereocenters. The van der Waals surface area contributed by atoms with E-state index in [1.54, 1.807) is 22.8 Å². The Morgan fingerprint density at radius 2 is 2.25 bits per heavy atom. The SMILES string of the molecule is CN(Cc1cnn(C)c1)C(=O)C1(C(N)=NO)CCCC1. The van der Waals surface area contributed by atoms with Crippen LogP contribution in [0, 0.1) is 5.41 Å². The molecule has 0 aliphatic heterocycles. The number of amidine groups is 1. The lowest BCUT2D eigenvalue weighted by atomic mass is 9.83. The summed E-state index contributed by atoms with van der Waals surface area (Å²) in [5, 5.41) is 16.1. The molecule has 20 heavy (non-hydrogen) atoms.